The summed E-state index contributed by atoms with van der Waals surface area (Å²) in [6.45, 7) is 0. The molecule has 0 fully saturated rings. The molecule has 0 aliphatic carbocycles. The van der Waals surface area contributed by atoms with Crippen molar-refractivity contribution in [1.29, 1.82) is 0 Å². The topological polar surface area (TPSA) is 71.8 Å². The van der Waals surface area contributed by atoms with Crippen molar-refractivity contribution < 1.29 is 4.42 Å². The van der Waals surface area contributed by atoms with E-state index in [2.05, 4.69) is 15.4 Å². The van der Waals surface area contributed by atoms with E-state index in [-0.39, 0.29) is 0 Å². The Kier molecular flexibility index (Phi) is 3.96. The fraction of sp³-hybridized carbons (Fsp3) is 0.0500. The van der Waals surface area contributed by atoms with Crippen molar-refractivity contribution >= 4 is 17.0 Å². The van der Waals surface area contributed by atoms with Crippen molar-refractivity contribution in [3.8, 4) is 11.3 Å². The van der Waals surface area contributed by atoms with E-state index in [0.717, 1.165) is 16.5 Å². The number of aromatic amines is 1. The van der Waals surface area contributed by atoms with Crippen molar-refractivity contribution in [2.24, 2.45) is 0 Å². The average Bonchev–Trinajstić information content (AvgIpc) is 3.16. The van der Waals surface area contributed by atoms with Gasteiger partial charge in [-0.15, -0.1) is 0 Å². The molecule has 5 heteroatoms. The van der Waals surface area contributed by atoms with E-state index in [0.29, 0.717) is 23.3 Å². The van der Waals surface area contributed by atoms with Crippen molar-refractivity contribution in [1.82, 2.24) is 15.4 Å². The Morgan fingerprint density at radius 3 is 2.64 bits per heavy atom. The van der Waals surface area contributed by atoms with Gasteiger partial charge in [0.1, 0.15) is 11.3 Å². The molecule has 4 rings (SSSR count). The van der Waals surface area contributed by atoms with Crippen LogP contribution in [0.2, 0.25) is 0 Å². The minimum Gasteiger partial charge on any atom is -0.422 e. The highest BCUT2D eigenvalue weighted by atomic mass is 16.4. The van der Waals surface area contributed by atoms with Gasteiger partial charge in [-0.3, -0.25) is 0 Å². The highest BCUT2D eigenvalue weighted by molar-refractivity contribution is 5.86. The summed E-state index contributed by atoms with van der Waals surface area (Å²) < 4.78 is 5.46. The molecule has 5 nitrogen and oxygen atoms in total. The maximum Gasteiger partial charge on any atom is 0.346 e. The molecule has 2 aromatic heterocycles. The van der Waals surface area contributed by atoms with E-state index >= 15 is 0 Å². The van der Waals surface area contributed by atoms with Gasteiger partial charge in [-0.25, -0.2) is 4.79 Å². The molecule has 0 bridgehead atoms. The Hall–Kier alpha value is -3.47. The Morgan fingerprint density at radius 1 is 1.04 bits per heavy atom. The van der Waals surface area contributed by atoms with Gasteiger partial charge in [0, 0.05) is 5.39 Å². The second kappa shape index (κ2) is 6.57. The summed E-state index contributed by atoms with van der Waals surface area (Å²) in [5.41, 5.74) is 3.09. The van der Waals surface area contributed by atoms with Gasteiger partial charge in [-0.1, -0.05) is 60.7 Å². The van der Waals surface area contributed by atoms with E-state index < -0.39 is 5.63 Å². The van der Waals surface area contributed by atoms with Gasteiger partial charge >= 0.3 is 5.63 Å². The van der Waals surface area contributed by atoms with Crippen molar-refractivity contribution in [3.05, 3.63) is 88.4 Å². The predicted molar refractivity (Wildman–Crippen MR) is 97.0 cm³/mol. The summed E-state index contributed by atoms with van der Waals surface area (Å²) in [7, 11) is 0. The quantitative estimate of drug-likeness (QED) is 0.578. The number of rotatable bonds is 4. The smallest absolute Gasteiger partial charge is 0.346 e. The zero-order valence-electron chi connectivity index (χ0n) is 13.3. The van der Waals surface area contributed by atoms with Crippen LogP contribution in [-0.2, 0) is 6.42 Å². The lowest BCUT2D eigenvalue weighted by Crippen LogP contribution is -2.08. The number of hydrogen-bond donors (Lipinski definition) is 1. The molecular weight excluding hydrogens is 314 g/mol. The normalized spacial score (nSPS) is 11.4. The first-order valence-corrected chi connectivity index (χ1v) is 7.95. The number of aromatic nitrogens is 3. The standard InChI is InChI=1S/C20H15N3O2/c24-20-19(17-13-21-23-22-17)16(15-10-4-5-12-18(15)25-20)11-6-9-14-7-2-1-3-8-14/h1-10,12-13H,11H2,(H,21,22,23). The van der Waals surface area contributed by atoms with E-state index in [9.17, 15) is 4.79 Å². The number of H-pyrrole nitrogens is 1. The Balaban J connectivity index is 1.84. The molecule has 0 amide bonds. The van der Waals surface area contributed by atoms with E-state index in [1.807, 2.05) is 60.7 Å². The molecule has 1 N–H and O–H groups in total. The van der Waals surface area contributed by atoms with Gasteiger partial charge < -0.3 is 4.42 Å². The first-order chi connectivity index (χ1) is 12.3. The van der Waals surface area contributed by atoms with E-state index in [1.165, 1.54) is 6.20 Å². The molecule has 0 radical (unpaired) electrons. The Bertz CT molecular complexity index is 1080. The summed E-state index contributed by atoms with van der Waals surface area (Å²) in [5, 5.41) is 11.3. The van der Waals surface area contributed by atoms with Crippen LogP contribution in [-0.4, -0.2) is 15.4 Å². The summed E-state index contributed by atoms with van der Waals surface area (Å²) in [4.78, 5) is 12.5. The van der Waals surface area contributed by atoms with Crippen molar-refractivity contribution in [2.45, 2.75) is 6.42 Å². The third-order valence-corrected chi connectivity index (χ3v) is 4.02. The number of fused-ring (bicyclic) bond motifs is 1. The average molecular weight is 329 g/mol. The maximum atomic E-state index is 12.5. The van der Waals surface area contributed by atoms with Gasteiger partial charge in [-0.2, -0.15) is 15.4 Å². The minimum absolute atomic E-state index is 0.407. The van der Waals surface area contributed by atoms with E-state index in [1.54, 1.807) is 6.07 Å². The third kappa shape index (κ3) is 2.99. The van der Waals surface area contributed by atoms with Gasteiger partial charge in [0.25, 0.3) is 0 Å². The number of hydrogen-bond acceptors (Lipinski definition) is 4. The molecule has 25 heavy (non-hydrogen) atoms. The van der Waals surface area contributed by atoms with Crippen LogP contribution >= 0.6 is 0 Å². The fourth-order valence-electron chi connectivity index (χ4n) is 2.88. The molecule has 0 aliphatic heterocycles. The molecule has 0 saturated carbocycles. The molecule has 0 saturated heterocycles. The summed E-state index contributed by atoms with van der Waals surface area (Å²) in [6, 6.07) is 17.6. The molecular formula is C20H15N3O2. The van der Waals surface area contributed by atoms with Crippen LogP contribution in [0.25, 0.3) is 28.3 Å². The molecule has 2 heterocycles. The van der Waals surface area contributed by atoms with Crippen LogP contribution in [0.1, 0.15) is 11.1 Å². The van der Waals surface area contributed by atoms with Crippen molar-refractivity contribution in [3.63, 3.8) is 0 Å². The van der Waals surface area contributed by atoms with E-state index in [4.69, 9.17) is 4.42 Å². The van der Waals surface area contributed by atoms with Crippen LogP contribution < -0.4 is 5.63 Å². The number of nitrogens with zero attached hydrogens (tertiary/aromatic N) is 2. The first kappa shape index (κ1) is 15.1. The second-order valence-corrected chi connectivity index (χ2v) is 5.61. The molecule has 0 spiro atoms. The lowest BCUT2D eigenvalue weighted by Gasteiger charge is -2.08. The van der Waals surface area contributed by atoms with Gasteiger partial charge in [0.15, 0.2) is 0 Å². The SMILES string of the molecule is O=c1oc2ccccc2c(CC=Cc2ccccc2)c1-c1cn[nH]n1. The zero-order valence-corrected chi connectivity index (χ0v) is 13.3. The molecule has 2 aromatic carbocycles. The summed E-state index contributed by atoms with van der Waals surface area (Å²) >= 11 is 0. The zero-order chi connectivity index (χ0) is 17.1. The lowest BCUT2D eigenvalue weighted by atomic mass is 9.99. The molecule has 0 atom stereocenters. The Morgan fingerprint density at radius 2 is 1.84 bits per heavy atom. The number of nitrogens with one attached hydrogen (secondary N) is 1. The van der Waals surface area contributed by atoms with Crippen molar-refractivity contribution in [2.75, 3.05) is 0 Å². The third-order valence-electron chi connectivity index (χ3n) is 4.02. The van der Waals surface area contributed by atoms with Crippen LogP contribution in [0.4, 0.5) is 0 Å². The Labute approximate surface area is 143 Å². The fourth-order valence-corrected chi connectivity index (χ4v) is 2.88. The molecule has 122 valence electrons. The minimum atomic E-state index is -0.407. The van der Waals surface area contributed by atoms with Crippen LogP contribution in [0.5, 0.6) is 0 Å². The summed E-state index contributed by atoms with van der Waals surface area (Å²) in [5.74, 6) is 0. The predicted octanol–water partition coefficient (Wildman–Crippen LogP) is 3.83. The van der Waals surface area contributed by atoms with Crippen LogP contribution in [0.3, 0.4) is 0 Å². The highest BCUT2D eigenvalue weighted by Gasteiger charge is 2.17. The van der Waals surface area contributed by atoms with Gasteiger partial charge in [0.2, 0.25) is 0 Å². The molecule has 0 unspecified atom stereocenters. The maximum absolute atomic E-state index is 12.5. The van der Waals surface area contributed by atoms with Gasteiger partial charge in [-0.05, 0) is 23.6 Å². The molecule has 4 aromatic rings. The second-order valence-electron chi connectivity index (χ2n) is 5.61. The number of allylic oxidation sites excluding steroid dienone is 1. The highest BCUT2D eigenvalue weighted by Crippen LogP contribution is 2.26. The van der Waals surface area contributed by atoms with Crippen LogP contribution in [0.15, 0.2) is 76.1 Å². The summed E-state index contributed by atoms with van der Waals surface area (Å²) in [6.07, 6.45) is 6.20. The lowest BCUT2D eigenvalue weighted by molar-refractivity contribution is 0.561. The first-order valence-electron chi connectivity index (χ1n) is 7.95. The van der Waals surface area contributed by atoms with Gasteiger partial charge in [0.05, 0.1) is 11.8 Å². The number of para-hydroxylation sites is 1. The van der Waals surface area contributed by atoms with Crippen LogP contribution in [0, 0.1) is 0 Å². The monoisotopic (exact) mass is 329 g/mol. The largest absolute Gasteiger partial charge is 0.422 e. The molecule has 0 aliphatic rings. The number of benzene rings is 2.